The molecule has 0 aromatic heterocycles. The minimum Gasteiger partial charge on any atom is -0.350 e. The Morgan fingerprint density at radius 1 is 1.05 bits per heavy atom. The Kier molecular flexibility index (Phi) is 11.7. The van der Waals surface area contributed by atoms with Crippen molar-refractivity contribution in [2.45, 2.75) is 91.4 Å². The summed E-state index contributed by atoms with van der Waals surface area (Å²) >= 11 is 0. The molecule has 2 fully saturated rings. The number of urea groups is 1. The van der Waals surface area contributed by atoms with Crippen molar-refractivity contribution in [1.82, 2.24) is 21.2 Å². The molecule has 1 aromatic rings. The molecule has 0 bridgehead atoms. The number of amides is 5. The minimum absolute atomic E-state index is 0.105. The van der Waals surface area contributed by atoms with Crippen LogP contribution in [0.4, 0.5) is 4.79 Å². The van der Waals surface area contributed by atoms with Crippen molar-refractivity contribution in [3.63, 3.8) is 0 Å². The van der Waals surface area contributed by atoms with Crippen LogP contribution in [0.5, 0.6) is 0 Å². The van der Waals surface area contributed by atoms with Gasteiger partial charge in [-0.25, -0.2) is 20.1 Å². The summed E-state index contributed by atoms with van der Waals surface area (Å²) in [5.74, 6) is -2.49. The molecule has 3 rings (SSSR count). The Morgan fingerprint density at radius 3 is 2.44 bits per heavy atom. The Labute approximate surface area is 231 Å². The van der Waals surface area contributed by atoms with E-state index in [0.29, 0.717) is 38.7 Å². The fraction of sp³-hybridized carbons (Fsp3) is 0.655. The van der Waals surface area contributed by atoms with Crippen molar-refractivity contribution in [3.05, 3.63) is 35.9 Å². The number of benzene rings is 1. The molecule has 2 aliphatic rings. The highest BCUT2D eigenvalue weighted by molar-refractivity contribution is 6.05. The summed E-state index contributed by atoms with van der Waals surface area (Å²) in [6.45, 7) is 8.44. The van der Waals surface area contributed by atoms with Crippen molar-refractivity contribution in [2.24, 2.45) is 23.7 Å². The van der Waals surface area contributed by atoms with Gasteiger partial charge in [-0.3, -0.25) is 25.1 Å². The van der Waals surface area contributed by atoms with E-state index in [1.807, 2.05) is 58.0 Å². The normalized spacial score (nSPS) is 21.1. The summed E-state index contributed by atoms with van der Waals surface area (Å²) < 4.78 is 5.57. The number of hydrogen-bond acceptors (Lipinski definition) is 6. The van der Waals surface area contributed by atoms with Crippen molar-refractivity contribution in [1.29, 1.82) is 0 Å². The number of carbonyl (C=O) groups is 4. The van der Waals surface area contributed by atoms with Crippen molar-refractivity contribution in [2.75, 3.05) is 6.61 Å². The highest BCUT2D eigenvalue weighted by Crippen LogP contribution is 2.28. The average molecular weight is 545 g/mol. The highest BCUT2D eigenvalue weighted by Gasteiger charge is 2.42. The summed E-state index contributed by atoms with van der Waals surface area (Å²) in [4.78, 5) is 57.7. The maximum atomic E-state index is 13.7. The van der Waals surface area contributed by atoms with Gasteiger partial charge in [-0.2, -0.15) is 0 Å². The first-order valence-electron chi connectivity index (χ1n) is 14.2. The van der Waals surface area contributed by atoms with Crippen LogP contribution in [0.25, 0.3) is 0 Å². The van der Waals surface area contributed by atoms with Crippen molar-refractivity contribution >= 4 is 23.8 Å². The van der Waals surface area contributed by atoms with Gasteiger partial charge in [-0.15, -0.1) is 0 Å². The van der Waals surface area contributed by atoms with Gasteiger partial charge >= 0.3 is 6.03 Å². The third-order valence-electron chi connectivity index (χ3n) is 7.13. The number of carbonyl (C=O) groups excluding carboxylic acids is 4. The zero-order valence-electron chi connectivity index (χ0n) is 23.6. The molecule has 39 heavy (non-hydrogen) atoms. The zero-order valence-corrected chi connectivity index (χ0v) is 23.6. The summed E-state index contributed by atoms with van der Waals surface area (Å²) in [5.41, 5.74) is 6.40. The van der Waals surface area contributed by atoms with Crippen LogP contribution >= 0.6 is 0 Å². The van der Waals surface area contributed by atoms with E-state index in [-0.39, 0.29) is 11.8 Å². The van der Waals surface area contributed by atoms with Crippen LogP contribution in [0.2, 0.25) is 0 Å². The van der Waals surface area contributed by atoms with Gasteiger partial charge in [0.1, 0.15) is 6.04 Å². The molecule has 10 heteroatoms. The molecule has 2 aliphatic heterocycles. The second kappa shape index (κ2) is 15.0. The van der Waals surface area contributed by atoms with Crippen LogP contribution in [0.15, 0.2) is 30.3 Å². The van der Waals surface area contributed by atoms with Crippen LogP contribution < -0.4 is 16.2 Å². The number of nitrogens with one attached hydrogen (secondary N) is 3. The minimum atomic E-state index is -0.793. The summed E-state index contributed by atoms with van der Waals surface area (Å²) in [7, 11) is 0. The van der Waals surface area contributed by atoms with Crippen LogP contribution in [0.1, 0.15) is 78.2 Å². The van der Waals surface area contributed by atoms with E-state index in [2.05, 4.69) is 16.2 Å². The maximum absolute atomic E-state index is 13.7. The molecule has 0 spiro atoms. The van der Waals surface area contributed by atoms with Crippen LogP contribution in [-0.2, 0) is 30.4 Å². The first-order chi connectivity index (χ1) is 18.7. The van der Waals surface area contributed by atoms with Crippen LogP contribution in [-0.4, -0.2) is 47.7 Å². The molecule has 4 atom stereocenters. The first kappa shape index (κ1) is 30.6. The molecule has 10 nitrogen and oxygen atoms in total. The number of nitrogens with zero attached hydrogens (tertiary/aromatic N) is 1. The number of ether oxygens (including phenoxy) is 1. The summed E-state index contributed by atoms with van der Waals surface area (Å²) in [6, 6.07) is 8.52. The molecule has 2 heterocycles. The summed E-state index contributed by atoms with van der Waals surface area (Å²) in [5, 5.41) is 3.38. The smallest absolute Gasteiger partial charge is 0.343 e. The third-order valence-corrected chi connectivity index (χ3v) is 7.13. The first-order valence-corrected chi connectivity index (χ1v) is 14.2. The predicted molar refractivity (Wildman–Crippen MR) is 145 cm³/mol. The van der Waals surface area contributed by atoms with E-state index in [4.69, 9.17) is 9.57 Å². The van der Waals surface area contributed by atoms with Gasteiger partial charge in [0.2, 0.25) is 11.8 Å². The fourth-order valence-electron chi connectivity index (χ4n) is 5.15. The van der Waals surface area contributed by atoms with E-state index >= 15 is 0 Å². The monoisotopic (exact) mass is 544 g/mol. The Morgan fingerprint density at radius 2 is 1.79 bits per heavy atom. The molecule has 3 N–H and O–H groups in total. The second-order valence-electron chi connectivity index (χ2n) is 11.4. The Balaban J connectivity index is 1.77. The van der Waals surface area contributed by atoms with Gasteiger partial charge in [0.25, 0.3) is 5.91 Å². The molecule has 0 saturated carbocycles. The van der Waals surface area contributed by atoms with E-state index in [0.717, 1.165) is 29.8 Å². The number of rotatable bonds is 14. The quantitative estimate of drug-likeness (QED) is 0.241. The molecular formula is C29H44N4O6. The molecule has 0 aliphatic carbocycles. The van der Waals surface area contributed by atoms with Gasteiger partial charge in [0.15, 0.2) is 6.29 Å². The third kappa shape index (κ3) is 9.32. The molecule has 0 radical (unpaired) electrons. The second-order valence-corrected chi connectivity index (χ2v) is 11.4. The molecular weight excluding hydrogens is 500 g/mol. The number of hydrogen-bond donors (Lipinski definition) is 3. The molecule has 1 unspecified atom stereocenters. The average Bonchev–Trinajstić information content (AvgIpc) is 3.16. The predicted octanol–water partition coefficient (Wildman–Crippen LogP) is 3.86. The SMILES string of the molecule is CC(C)C[C@@H](C(=O)NN1C(=O)NC(=O)[C@@H]1CC(C)C)[C@H](CCCc1ccccc1)C(=O)NOC1CCCCO1. The van der Waals surface area contributed by atoms with Crippen molar-refractivity contribution < 1.29 is 28.8 Å². The maximum Gasteiger partial charge on any atom is 0.343 e. The molecule has 5 amide bonds. The van der Waals surface area contributed by atoms with Gasteiger partial charge in [0.05, 0.1) is 11.8 Å². The number of imide groups is 1. The van der Waals surface area contributed by atoms with E-state index in [1.54, 1.807) is 0 Å². The Hall–Kier alpha value is -2.98. The van der Waals surface area contributed by atoms with E-state index in [9.17, 15) is 19.2 Å². The molecule has 2 saturated heterocycles. The lowest BCUT2D eigenvalue weighted by atomic mass is 9.81. The molecule has 1 aromatic carbocycles. The lowest BCUT2D eigenvalue weighted by Gasteiger charge is -2.31. The van der Waals surface area contributed by atoms with Gasteiger partial charge < -0.3 is 4.74 Å². The zero-order chi connectivity index (χ0) is 28.4. The number of hydroxylamine groups is 1. The lowest BCUT2D eigenvalue weighted by Crippen LogP contribution is -2.53. The molecule has 216 valence electrons. The highest BCUT2D eigenvalue weighted by atomic mass is 16.8. The van der Waals surface area contributed by atoms with Crippen molar-refractivity contribution in [3.8, 4) is 0 Å². The van der Waals surface area contributed by atoms with Crippen LogP contribution in [0.3, 0.4) is 0 Å². The van der Waals surface area contributed by atoms with Gasteiger partial charge in [-0.05, 0) is 62.3 Å². The van der Waals surface area contributed by atoms with E-state index < -0.39 is 47.9 Å². The van der Waals surface area contributed by atoms with E-state index in [1.165, 1.54) is 0 Å². The number of aryl methyl sites for hydroxylation is 1. The number of hydrazine groups is 1. The van der Waals surface area contributed by atoms with Crippen LogP contribution in [0, 0.1) is 23.7 Å². The lowest BCUT2D eigenvalue weighted by molar-refractivity contribution is -0.203. The standard InChI is InChI=1S/C29H44N4O6/c1-19(2)17-23(26(34)31-33-24(18-20(3)4)28(36)30-29(33)37)22(14-10-13-21-11-6-5-7-12-21)27(35)32-39-25-15-8-9-16-38-25/h5-7,11-12,19-20,22-25H,8-10,13-18H2,1-4H3,(H,31,34)(H,32,35)(H,30,36,37)/t22-,23+,24-,25?/m0/s1. The van der Waals surface area contributed by atoms with Gasteiger partial charge in [0, 0.05) is 13.0 Å². The largest absolute Gasteiger partial charge is 0.350 e. The Bertz CT molecular complexity index is 964. The fourth-order valence-corrected chi connectivity index (χ4v) is 5.15. The topological polar surface area (TPSA) is 126 Å². The summed E-state index contributed by atoms with van der Waals surface area (Å²) in [6.07, 6.45) is 4.79. The van der Waals surface area contributed by atoms with Gasteiger partial charge in [-0.1, -0.05) is 58.0 Å².